The molecule has 1 aromatic rings. The summed E-state index contributed by atoms with van der Waals surface area (Å²) in [4.78, 5) is 21.8. The van der Waals surface area contributed by atoms with Crippen LogP contribution in [0.15, 0.2) is 12.1 Å². The average Bonchev–Trinajstić information content (AvgIpc) is 2.11. The maximum Gasteiger partial charge on any atom is 0.176 e. The van der Waals surface area contributed by atoms with Gasteiger partial charge in [-0.15, -0.1) is 0 Å². The van der Waals surface area contributed by atoms with E-state index in [1.807, 2.05) is 0 Å². The Morgan fingerprint density at radius 3 is 2.20 bits per heavy atom. The molecule has 1 aromatic carbocycles. The molecule has 0 bridgehead atoms. The summed E-state index contributed by atoms with van der Waals surface area (Å²) in [6, 6.07) is 1.22. The quantitative estimate of drug-likeness (QED) is 0.441. The predicted molar refractivity (Wildman–Crippen MR) is 45.9 cm³/mol. The van der Waals surface area contributed by atoms with Crippen molar-refractivity contribution < 1.29 is 22.8 Å². The fourth-order valence-corrected chi connectivity index (χ4v) is 1.10. The van der Waals surface area contributed by atoms with Crippen LogP contribution in [-0.2, 0) is 4.79 Å². The summed E-state index contributed by atoms with van der Waals surface area (Å²) in [6.07, 6.45) is -0.642. The number of halogens is 3. The van der Waals surface area contributed by atoms with Crippen molar-refractivity contribution in [2.24, 2.45) is 0 Å². The molecule has 0 aliphatic rings. The molecule has 0 aliphatic heterocycles. The summed E-state index contributed by atoms with van der Waals surface area (Å²) >= 11 is 0. The number of rotatable bonds is 3. The number of ketones is 2. The maximum absolute atomic E-state index is 13.0. The molecule has 0 heterocycles. The fourth-order valence-electron chi connectivity index (χ4n) is 1.10. The molecule has 1 rings (SSSR count). The summed E-state index contributed by atoms with van der Waals surface area (Å²) < 4.78 is 38.7. The van der Waals surface area contributed by atoms with Crippen molar-refractivity contribution in [1.29, 1.82) is 0 Å². The SMILES string of the molecule is CC(=O)CC(=O)c1c(F)ccc(F)c1F. The van der Waals surface area contributed by atoms with Crippen molar-refractivity contribution >= 4 is 11.6 Å². The van der Waals surface area contributed by atoms with E-state index >= 15 is 0 Å². The first kappa shape index (κ1) is 11.4. The standard InChI is InChI=1S/C10H7F3O2/c1-5(14)4-8(15)9-6(11)2-3-7(12)10(9)13/h2-3H,4H2,1H3. The third-order valence-corrected chi connectivity index (χ3v) is 1.73. The lowest BCUT2D eigenvalue weighted by atomic mass is 10.1. The summed E-state index contributed by atoms with van der Waals surface area (Å²) in [7, 11) is 0. The zero-order valence-electron chi connectivity index (χ0n) is 7.81. The van der Waals surface area contributed by atoms with Crippen LogP contribution in [0.4, 0.5) is 13.2 Å². The van der Waals surface area contributed by atoms with E-state index in [2.05, 4.69) is 0 Å². The molecule has 15 heavy (non-hydrogen) atoms. The monoisotopic (exact) mass is 216 g/mol. The van der Waals surface area contributed by atoms with Crippen molar-refractivity contribution in [3.05, 3.63) is 35.1 Å². The zero-order valence-corrected chi connectivity index (χ0v) is 7.81. The zero-order chi connectivity index (χ0) is 11.6. The molecule has 0 amide bonds. The van der Waals surface area contributed by atoms with Gasteiger partial charge in [0.2, 0.25) is 0 Å². The van der Waals surface area contributed by atoms with E-state index in [0.717, 1.165) is 6.92 Å². The number of hydrogen-bond acceptors (Lipinski definition) is 2. The van der Waals surface area contributed by atoms with Crippen LogP contribution in [0.5, 0.6) is 0 Å². The van der Waals surface area contributed by atoms with Crippen molar-refractivity contribution in [1.82, 2.24) is 0 Å². The highest BCUT2D eigenvalue weighted by Crippen LogP contribution is 2.17. The number of carbonyl (C=O) groups is 2. The summed E-state index contributed by atoms with van der Waals surface area (Å²) in [5.74, 6) is -5.63. The van der Waals surface area contributed by atoms with Crippen LogP contribution in [0.25, 0.3) is 0 Å². The molecule has 0 saturated heterocycles. The van der Waals surface area contributed by atoms with Gasteiger partial charge in [0, 0.05) is 0 Å². The Morgan fingerprint density at radius 2 is 1.67 bits per heavy atom. The molecule has 0 N–H and O–H groups in total. The van der Waals surface area contributed by atoms with Crippen LogP contribution in [0.1, 0.15) is 23.7 Å². The lowest BCUT2D eigenvalue weighted by molar-refractivity contribution is -0.116. The third-order valence-electron chi connectivity index (χ3n) is 1.73. The van der Waals surface area contributed by atoms with Gasteiger partial charge in [-0.05, 0) is 19.1 Å². The Balaban J connectivity index is 3.18. The number of benzene rings is 1. The van der Waals surface area contributed by atoms with Crippen molar-refractivity contribution in [2.45, 2.75) is 13.3 Å². The lowest BCUT2D eigenvalue weighted by Crippen LogP contribution is -2.11. The highest BCUT2D eigenvalue weighted by Gasteiger charge is 2.21. The Bertz CT molecular complexity index is 427. The minimum absolute atomic E-state index is 0.539. The molecular formula is C10H7F3O2. The van der Waals surface area contributed by atoms with E-state index in [1.165, 1.54) is 0 Å². The number of Topliss-reactive ketones (excluding diaryl/α,β-unsaturated/α-hetero) is 2. The second-order valence-electron chi connectivity index (χ2n) is 3.02. The van der Waals surface area contributed by atoms with E-state index in [-0.39, 0.29) is 0 Å². The Kier molecular flexibility index (Phi) is 3.24. The minimum Gasteiger partial charge on any atom is -0.300 e. The maximum atomic E-state index is 13.0. The van der Waals surface area contributed by atoms with Gasteiger partial charge in [0.25, 0.3) is 0 Å². The highest BCUT2D eigenvalue weighted by atomic mass is 19.2. The van der Waals surface area contributed by atoms with Gasteiger partial charge in [-0.3, -0.25) is 9.59 Å². The van der Waals surface area contributed by atoms with Gasteiger partial charge in [-0.25, -0.2) is 13.2 Å². The molecule has 0 atom stereocenters. The van der Waals surface area contributed by atoms with E-state index in [0.29, 0.717) is 12.1 Å². The molecule has 0 fully saturated rings. The smallest absolute Gasteiger partial charge is 0.176 e. The number of carbonyl (C=O) groups excluding carboxylic acids is 2. The van der Waals surface area contributed by atoms with E-state index in [4.69, 9.17) is 0 Å². The first-order valence-corrected chi connectivity index (χ1v) is 4.09. The highest BCUT2D eigenvalue weighted by molar-refractivity contribution is 6.07. The lowest BCUT2D eigenvalue weighted by Gasteiger charge is -2.03. The molecule has 0 saturated carbocycles. The Labute approximate surface area is 83.7 Å². The summed E-state index contributed by atoms with van der Waals surface area (Å²) in [6.45, 7) is 1.10. The number of hydrogen-bond donors (Lipinski definition) is 0. The molecule has 0 aliphatic carbocycles. The van der Waals surface area contributed by atoms with Crippen molar-refractivity contribution in [2.75, 3.05) is 0 Å². The first-order valence-electron chi connectivity index (χ1n) is 4.09. The van der Waals surface area contributed by atoms with Crippen LogP contribution in [0.2, 0.25) is 0 Å². The Morgan fingerprint density at radius 1 is 1.13 bits per heavy atom. The van der Waals surface area contributed by atoms with Crippen LogP contribution in [0, 0.1) is 17.5 Å². The van der Waals surface area contributed by atoms with E-state index in [1.54, 1.807) is 0 Å². The van der Waals surface area contributed by atoms with Crippen molar-refractivity contribution in [3.8, 4) is 0 Å². The minimum atomic E-state index is -1.55. The normalized spacial score (nSPS) is 10.1. The average molecular weight is 216 g/mol. The van der Waals surface area contributed by atoms with Gasteiger partial charge in [-0.1, -0.05) is 0 Å². The van der Waals surface area contributed by atoms with Crippen LogP contribution in [-0.4, -0.2) is 11.6 Å². The van der Waals surface area contributed by atoms with Crippen LogP contribution >= 0.6 is 0 Å². The molecule has 5 heteroatoms. The van der Waals surface area contributed by atoms with Crippen LogP contribution < -0.4 is 0 Å². The molecular weight excluding hydrogens is 209 g/mol. The largest absolute Gasteiger partial charge is 0.300 e. The predicted octanol–water partition coefficient (Wildman–Crippen LogP) is 2.27. The van der Waals surface area contributed by atoms with E-state index in [9.17, 15) is 22.8 Å². The van der Waals surface area contributed by atoms with E-state index < -0.39 is 41.0 Å². The van der Waals surface area contributed by atoms with Gasteiger partial charge in [0.05, 0.1) is 12.0 Å². The first-order chi connectivity index (χ1) is 6.93. The van der Waals surface area contributed by atoms with Crippen LogP contribution in [0.3, 0.4) is 0 Å². The van der Waals surface area contributed by atoms with Gasteiger partial charge in [0.15, 0.2) is 17.4 Å². The second-order valence-corrected chi connectivity index (χ2v) is 3.02. The topological polar surface area (TPSA) is 34.1 Å². The molecule has 0 radical (unpaired) electrons. The van der Waals surface area contributed by atoms with Gasteiger partial charge < -0.3 is 0 Å². The van der Waals surface area contributed by atoms with Gasteiger partial charge in [-0.2, -0.15) is 0 Å². The fraction of sp³-hybridized carbons (Fsp3) is 0.200. The molecule has 0 spiro atoms. The summed E-state index contributed by atoms with van der Waals surface area (Å²) in [5, 5.41) is 0. The molecule has 2 nitrogen and oxygen atoms in total. The van der Waals surface area contributed by atoms with Gasteiger partial charge in [0.1, 0.15) is 11.6 Å². The van der Waals surface area contributed by atoms with Gasteiger partial charge >= 0.3 is 0 Å². The Hall–Kier alpha value is -1.65. The summed E-state index contributed by atoms with van der Waals surface area (Å²) in [5.41, 5.74) is -0.995. The third kappa shape index (κ3) is 2.43. The van der Waals surface area contributed by atoms with Crippen molar-refractivity contribution in [3.63, 3.8) is 0 Å². The second kappa shape index (κ2) is 4.25. The molecule has 80 valence electrons. The molecule has 0 aromatic heterocycles. The molecule has 0 unspecified atom stereocenters.